The Hall–Kier alpha value is -2.42. The van der Waals surface area contributed by atoms with E-state index in [-0.39, 0.29) is 62.5 Å². The Morgan fingerprint density at radius 3 is 1.75 bits per heavy atom. The quantitative estimate of drug-likeness (QED) is 0.264. The third-order valence-electron chi connectivity index (χ3n) is 10.6. The second kappa shape index (κ2) is 20.0. The van der Waals surface area contributed by atoms with Crippen LogP contribution in [0.3, 0.4) is 0 Å². The van der Waals surface area contributed by atoms with Crippen molar-refractivity contribution in [2.24, 2.45) is 0 Å². The van der Waals surface area contributed by atoms with Gasteiger partial charge in [0.25, 0.3) is 0 Å². The van der Waals surface area contributed by atoms with Crippen LogP contribution < -0.4 is 0 Å². The molecule has 6 heterocycles. The Morgan fingerprint density at radius 1 is 0.736 bits per heavy atom. The van der Waals surface area contributed by atoms with Crippen LogP contribution in [0.15, 0.2) is 36.5 Å². The summed E-state index contributed by atoms with van der Waals surface area (Å²) in [5.41, 5.74) is 10.3. The molecule has 1 fully saturated rings. The van der Waals surface area contributed by atoms with E-state index in [1.165, 1.54) is 0 Å². The molecule has 3 aromatic heterocycles. The fraction of sp³-hybridized carbons (Fsp3) is 0.579. The van der Waals surface area contributed by atoms with Crippen molar-refractivity contribution < 1.29 is 69.2 Å². The molecule has 0 unspecified atom stereocenters. The number of carboxylic acid groups (broad SMARTS) is 2. The van der Waals surface area contributed by atoms with E-state index >= 15 is 0 Å². The van der Waals surface area contributed by atoms with Gasteiger partial charge in [-0.15, -0.1) is 10.6 Å². The van der Waals surface area contributed by atoms with Crippen LogP contribution in [0.4, 0.5) is 0 Å². The van der Waals surface area contributed by atoms with E-state index in [4.69, 9.17) is 9.97 Å². The van der Waals surface area contributed by atoms with Gasteiger partial charge in [0.05, 0.1) is 48.6 Å². The van der Waals surface area contributed by atoms with E-state index in [0.29, 0.717) is 88.6 Å². The SMILES string of the molecule is CC(C)[Si](C#Cc1cc2nc(c1)Cn1nncc1-c1cccc(n1)CN1CCN(CC(=O)O)CCN(CCN(CC(=O)O)CC1)C2)(C(C)C)C(C)C.[Eu]. The summed E-state index contributed by atoms with van der Waals surface area (Å²) in [6.07, 6.45) is 1.73. The predicted octanol–water partition coefficient (Wildman–Crippen LogP) is 3.76. The van der Waals surface area contributed by atoms with E-state index in [1.807, 2.05) is 32.7 Å². The van der Waals surface area contributed by atoms with E-state index in [1.54, 1.807) is 6.20 Å². The number of aromatic nitrogens is 5. The molecule has 53 heavy (non-hydrogen) atoms. The van der Waals surface area contributed by atoms with E-state index < -0.39 is 20.0 Å². The van der Waals surface area contributed by atoms with E-state index in [2.05, 4.69) is 85.3 Å². The second-order valence-corrected chi connectivity index (χ2v) is 20.7. The van der Waals surface area contributed by atoms with Crippen LogP contribution in [0.5, 0.6) is 0 Å². The van der Waals surface area contributed by atoms with Gasteiger partial charge in [-0.3, -0.25) is 34.2 Å². The smallest absolute Gasteiger partial charge is 0.317 e. The fourth-order valence-electron chi connectivity index (χ4n) is 7.99. The first-order valence-electron chi connectivity index (χ1n) is 18.5. The van der Waals surface area contributed by atoms with Crippen LogP contribution in [0.2, 0.25) is 16.6 Å². The summed E-state index contributed by atoms with van der Waals surface area (Å²) < 4.78 is 1.85. The molecular formula is C38H55EuN9O4Si. The summed E-state index contributed by atoms with van der Waals surface area (Å²) in [6.45, 7) is 19.8. The molecule has 0 amide bonds. The molecule has 0 atom stereocenters. The third-order valence-corrected chi connectivity index (χ3v) is 16.9. The summed E-state index contributed by atoms with van der Waals surface area (Å²) in [6, 6.07) is 10.1. The minimum Gasteiger partial charge on any atom is -0.480 e. The number of hydrogen-bond donors (Lipinski definition) is 2. The molecular weight excluding hydrogens is 827 g/mol. The number of carbonyl (C=O) groups is 2. The van der Waals surface area contributed by atoms with Crippen LogP contribution in [0, 0.1) is 60.8 Å². The maximum absolute atomic E-state index is 11.9. The number of pyridine rings is 2. The minimum absolute atomic E-state index is 0. The fourth-order valence-corrected chi connectivity index (χ4v) is 13.2. The van der Waals surface area contributed by atoms with Crippen LogP contribution in [0.1, 0.15) is 64.2 Å². The number of carboxylic acids is 2. The standard InChI is InChI=1S/C38H55N9O4Si.Eu/c1-28(2)52(29(3)4,30(5)6)19-10-31-20-33-24-44-13-17-45(26-37(48)49)15-11-43(12-16-46(18-14-44)27-38(50)51)23-32-8-7-9-35(41-32)36-22-39-42-47(36)25-34(21-31)40-33;/h7-9,20-22,28-30H,11-18,23-27H2,1-6H3,(H,48,49)(H,50,51);. The van der Waals surface area contributed by atoms with Crippen molar-refractivity contribution in [2.75, 3.05) is 65.4 Å². The molecule has 0 saturated carbocycles. The van der Waals surface area contributed by atoms with Crippen molar-refractivity contribution in [3.8, 4) is 22.9 Å². The zero-order valence-electron chi connectivity index (χ0n) is 32.0. The van der Waals surface area contributed by atoms with Crippen LogP contribution in [-0.2, 0) is 29.2 Å². The van der Waals surface area contributed by atoms with Crippen molar-refractivity contribution in [1.82, 2.24) is 44.6 Å². The summed E-state index contributed by atoms with van der Waals surface area (Å²) in [7, 11) is -2.02. The Balaban J connectivity index is 0.00000627. The summed E-state index contributed by atoms with van der Waals surface area (Å²) >= 11 is 0. The molecule has 6 bridgehead atoms. The monoisotopic (exact) mass is 882 g/mol. The summed E-state index contributed by atoms with van der Waals surface area (Å²) in [5.74, 6) is 1.92. The maximum atomic E-state index is 11.9. The summed E-state index contributed by atoms with van der Waals surface area (Å²) in [4.78, 5) is 42.5. The Labute approximate surface area is 356 Å². The average molecular weight is 882 g/mol. The Bertz CT molecular complexity index is 1700. The zero-order valence-corrected chi connectivity index (χ0v) is 35.4. The molecule has 287 valence electrons. The predicted molar refractivity (Wildman–Crippen MR) is 203 cm³/mol. The van der Waals surface area contributed by atoms with Gasteiger partial charge < -0.3 is 10.2 Å². The molecule has 0 aromatic carbocycles. The van der Waals surface area contributed by atoms with Crippen molar-refractivity contribution >= 4 is 20.0 Å². The Kier molecular flexibility index (Phi) is 16.3. The van der Waals surface area contributed by atoms with Crippen LogP contribution in [-0.4, -0.2) is 140 Å². The van der Waals surface area contributed by atoms with Gasteiger partial charge in [0.1, 0.15) is 13.8 Å². The minimum atomic E-state index is -2.02. The largest absolute Gasteiger partial charge is 0.480 e. The number of rotatable bonds is 7. The first kappa shape index (κ1) is 43.3. The second-order valence-electron chi connectivity index (χ2n) is 15.2. The van der Waals surface area contributed by atoms with Crippen molar-refractivity contribution in [3.63, 3.8) is 0 Å². The van der Waals surface area contributed by atoms with Gasteiger partial charge >= 0.3 is 11.9 Å². The molecule has 1 saturated heterocycles. The normalized spacial score (nSPS) is 19.2. The molecule has 6 rings (SSSR count). The Morgan fingerprint density at radius 2 is 1.25 bits per heavy atom. The van der Waals surface area contributed by atoms with Crippen molar-refractivity contribution in [3.05, 3.63) is 59.2 Å². The van der Waals surface area contributed by atoms with E-state index in [9.17, 15) is 19.8 Å². The van der Waals surface area contributed by atoms with Crippen molar-refractivity contribution in [1.29, 1.82) is 0 Å². The average Bonchev–Trinajstić information content (AvgIpc) is 3.53. The molecule has 1 radical (unpaired) electrons. The summed E-state index contributed by atoms with van der Waals surface area (Å²) in [5, 5.41) is 28.3. The van der Waals surface area contributed by atoms with Gasteiger partial charge in [-0.25, -0.2) is 9.67 Å². The van der Waals surface area contributed by atoms with Gasteiger partial charge in [0.2, 0.25) is 0 Å². The molecule has 3 aromatic rings. The van der Waals surface area contributed by atoms with Gasteiger partial charge in [-0.2, -0.15) is 0 Å². The molecule has 13 nitrogen and oxygen atoms in total. The zero-order chi connectivity index (χ0) is 37.4. The number of nitrogens with zero attached hydrogens (tertiary/aromatic N) is 9. The number of hydrogen-bond acceptors (Lipinski definition) is 10. The van der Waals surface area contributed by atoms with Gasteiger partial charge in [-0.05, 0) is 40.9 Å². The third kappa shape index (κ3) is 11.8. The molecule has 0 aliphatic carbocycles. The topological polar surface area (TPSA) is 144 Å². The van der Waals surface area contributed by atoms with Gasteiger partial charge in [-0.1, -0.05) is 58.7 Å². The number of fused-ring (bicyclic) bond motifs is 8. The van der Waals surface area contributed by atoms with Crippen LogP contribution >= 0.6 is 0 Å². The van der Waals surface area contributed by atoms with E-state index in [0.717, 1.165) is 34.0 Å². The molecule has 2 N–H and O–H groups in total. The van der Waals surface area contributed by atoms with Gasteiger partial charge in [0, 0.05) is 120 Å². The first-order valence-corrected chi connectivity index (χ1v) is 20.8. The maximum Gasteiger partial charge on any atom is 0.317 e. The van der Waals surface area contributed by atoms with Crippen LogP contribution in [0.25, 0.3) is 11.4 Å². The molecule has 15 heteroatoms. The van der Waals surface area contributed by atoms with Gasteiger partial charge in [0.15, 0.2) is 0 Å². The molecule has 3 aliphatic rings. The number of aliphatic carboxylic acids is 2. The molecule has 0 spiro atoms. The molecule has 3 aliphatic heterocycles. The van der Waals surface area contributed by atoms with Crippen molar-refractivity contribution in [2.45, 2.75) is 77.8 Å². The first-order chi connectivity index (χ1) is 24.8.